The zero-order valence-electron chi connectivity index (χ0n) is 7.98. The molecule has 0 spiro atoms. The van der Waals surface area contributed by atoms with Crippen molar-refractivity contribution in [2.45, 2.75) is 0 Å². The summed E-state index contributed by atoms with van der Waals surface area (Å²) in [5.74, 6) is -0.260. The van der Waals surface area contributed by atoms with E-state index in [0.29, 0.717) is 4.47 Å². The van der Waals surface area contributed by atoms with E-state index < -0.39 is 0 Å². The maximum atomic E-state index is 13.4. The molecule has 2 aromatic carbocycles. The zero-order chi connectivity index (χ0) is 11.7. The third kappa shape index (κ3) is 2.39. The van der Waals surface area contributed by atoms with Gasteiger partial charge in [0.1, 0.15) is 5.82 Å². The topological polar surface area (TPSA) is 0 Å². The van der Waals surface area contributed by atoms with Gasteiger partial charge in [-0.25, -0.2) is 4.39 Å². The Kier molecular flexibility index (Phi) is 3.82. The second-order valence-corrected chi connectivity index (χ2v) is 5.79. The summed E-state index contributed by atoms with van der Waals surface area (Å²) in [7, 11) is 0. The van der Waals surface area contributed by atoms with Gasteiger partial charge in [-0.15, -0.1) is 0 Å². The molecule has 0 aromatic heterocycles. The molecule has 0 aliphatic heterocycles. The van der Waals surface area contributed by atoms with E-state index in [4.69, 9.17) is 0 Å². The molecule has 0 aliphatic carbocycles. The van der Waals surface area contributed by atoms with Crippen LogP contribution >= 0.6 is 47.8 Å². The van der Waals surface area contributed by atoms with E-state index in [-0.39, 0.29) is 5.82 Å². The van der Waals surface area contributed by atoms with Crippen molar-refractivity contribution in [3.05, 3.63) is 55.6 Å². The summed E-state index contributed by atoms with van der Waals surface area (Å²) in [4.78, 5) is 0. The van der Waals surface area contributed by atoms with E-state index in [0.717, 1.165) is 20.1 Å². The minimum Gasteiger partial charge on any atom is -0.206 e. The first-order valence-electron chi connectivity index (χ1n) is 4.49. The normalized spacial score (nSPS) is 10.5. The molecule has 2 aromatic rings. The van der Waals surface area contributed by atoms with Crippen molar-refractivity contribution < 1.29 is 4.39 Å². The standard InChI is InChI=1S/C12H6Br3F/c13-7-4-5-10(14)9(6-7)8-2-1-3-11(16)12(8)15/h1-6H. The van der Waals surface area contributed by atoms with Gasteiger partial charge in [-0.1, -0.05) is 44.0 Å². The van der Waals surface area contributed by atoms with Gasteiger partial charge in [0.25, 0.3) is 0 Å². The highest BCUT2D eigenvalue weighted by Gasteiger charge is 2.10. The Balaban J connectivity index is 2.67. The van der Waals surface area contributed by atoms with Crippen molar-refractivity contribution in [1.29, 1.82) is 0 Å². The molecule has 16 heavy (non-hydrogen) atoms. The van der Waals surface area contributed by atoms with Crippen LogP contribution in [-0.4, -0.2) is 0 Å². The van der Waals surface area contributed by atoms with Gasteiger partial charge < -0.3 is 0 Å². The third-order valence-electron chi connectivity index (χ3n) is 2.17. The summed E-state index contributed by atoms with van der Waals surface area (Å²) in [5.41, 5.74) is 1.77. The van der Waals surface area contributed by atoms with Gasteiger partial charge >= 0.3 is 0 Å². The molecule has 0 N–H and O–H groups in total. The number of hydrogen-bond acceptors (Lipinski definition) is 0. The molecule has 82 valence electrons. The average molecular weight is 409 g/mol. The van der Waals surface area contributed by atoms with Crippen LogP contribution in [0, 0.1) is 5.82 Å². The minimum absolute atomic E-state index is 0.260. The molecule has 0 aliphatic rings. The number of hydrogen-bond donors (Lipinski definition) is 0. The first-order valence-corrected chi connectivity index (χ1v) is 6.87. The van der Waals surface area contributed by atoms with Crippen molar-refractivity contribution in [1.82, 2.24) is 0 Å². The first kappa shape index (κ1) is 12.3. The quantitative estimate of drug-likeness (QED) is 0.561. The van der Waals surface area contributed by atoms with E-state index in [1.54, 1.807) is 6.07 Å². The summed E-state index contributed by atoms with van der Waals surface area (Å²) in [6.45, 7) is 0. The molecule has 0 saturated heterocycles. The molecule has 0 fully saturated rings. The van der Waals surface area contributed by atoms with Crippen molar-refractivity contribution in [3.63, 3.8) is 0 Å². The second kappa shape index (κ2) is 4.98. The molecule has 2 rings (SSSR count). The van der Waals surface area contributed by atoms with Gasteiger partial charge in [-0.2, -0.15) is 0 Å². The van der Waals surface area contributed by atoms with Crippen LogP contribution in [0.25, 0.3) is 11.1 Å². The maximum absolute atomic E-state index is 13.4. The van der Waals surface area contributed by atoms with E-state index in [2.05, 4.69) is 47.8 Å². The molecular weight excluding hydrogens is 403 g/mol. The summed E-state index contributed by atoms with van der Waals surface area (Å²) in [6.07, 6.45) is 0. The lowest BCUT2D eigenvalue weighted by atomic mass is 10.1. The number of benzene rings is 2. The summed E-state index contributed by atoms with van der Waals surface area (Å²) in [6, 6.07) is 10.8. The van der Waals surface area contributed by atoms with E-state index >= 15 is 0 Å². The van der Waals surface area contributed by atoms with Crippen molar-refractivity contribution in [2.24, 2.45) is 0 Å². The van der Waals surface area contributed by atoms with E-state index in [1.807, 2.05) is 24.3 Å². The fraction of sp³-hybridized carbons (Fsp3) is 0. The molecule has 0 atom stereocenters. The molecule has 0 heterocycles. The van der Waals surface area contributed by atoms with Crippen LogP contribution in [0.4, 0.5) is 4.39 Å². The fourth-order valence-corrected chi connectivity index (χ4v) is 2.71. The van der Waals surface area contributed by atoms with Crippen molar-refractivity contribution in [3.8, 4) is 11.1 Å². The number of halogens is 4. The summed E-state index contributed by atoms with van der Waals surface area (Å²) >= 11 is 10.1. The highest BCUT2D eigenvalue weighted by molar-refractivity contribution is 9.11. The molecule has 0 bridgehead atoms. The smallest absolute Gasteiger partial charge is 0.138 e. The Morgan fingerprint density at radius 3 is 2.38 bits per heavy atom. The predicted molar refractivity (Wildman–Crippen MR) is 74.9 cm³/mol. The van der Waals surface area contributed by atoms with E-state index in [9.17, 15) is 4.39 Å². The van der Waals surface area contributed by atoms with Crippen LogP contribution in [0.5, 0.6) is 0 Å². The summed E-state index contributed by atoms with van der Waals surface area (Å²) in [5, 5.41) is 0. The molecule has 0 saturated carbocycles. The zero-order valence-corrected chi connectivity index (χ0v) is 12.7. The van der Waals surface area contributed by atoms with Gasteiger partial charge in [0.05, 0.1) is 4.47 Å². The molecule has 4 heteroatoms. The van der Waals surface area contributed by atoms with Crippen LogP contribution < -0.4 is 0 Å². The number of rotatable bonds is 1. The van der Waals surface area contributed by atoms with Gasteiger partial charge in [0.15, 0.2) is 0 Å². The van der Waals surface area contributed by atoms with Crippen molar-refractivity contribution in [2.75, 3.05) is 0 Å². The van der Waals surface area contributed by atoms with Crippen LogP contribution in [0.15, 0.2) is 49.8 Å². The lowest BCUT2D eigenvalue weighted by Gasteiger charge is -2.08. The molecule has 0 nitrogen and oxygen atoms in total. The minimum atomic E-state index is -0.260. The Hall–Kier alpha value is -0.190. The molecule has 0 amide bonds. The Labute approximate surface area is 118 Å². The largest absolute Gasteiger partial charge is 0.206 e. The fourth-order valence-electron chi connectivity index (χ4n) is 1.42. The van der Waals surface area contributed by atoms with Gasteiger partial charge in [-0.3, -0.25) is 0 Å². The predicted octanol–water partition coefficient (Wildman–Crippen LogP) is 5.78. The van der Waals surface area contributed by atoms with Crippen molar-refractivity contribution >= 4 is 47.8 Å². The lowest BCUT2D eigenvalue weighted by molar-refractivity contribution is 0.622. The van der Waals surface area contributed by atoms with Crippen LogP contribution in [0.2, 0.25) is 0 Å². The highest BCUT2D eigenvalue weighted by Crippen LogP contribution is 2.36. The van der Waals surface area contributed by atoms with Crippen LogP contribution in [-0.2, 0) is 0 Å². The SMILES string of the molecule is Fc1cccc(-c2cc(Br)ccc2Br)c1Br. The van der Waals surface area contributed by atoms with Crippen LogP contribution in [0.1, 0.15) is 0 Å². The first-order chi connectivity index (χ1) is 7.59. The maximum Gasteiger partial charge on any atom is 0.138 e. The van der Waals surface area contributed by atoms with Gasteiger partial charge in [-0.05, 0) is 51.3 Å². The molecule has 0 unspecified atom stereocenters. The molecule has 0 radical (unpaired) electrons. The van der Waals surface area contributed by atoms with Gasteiger partial charge in [0, 0.05) is 8.95 Å². The third-order valence-corrected chi connectivity index (χ3v) is 4.16. The monoisotopic (exact) mass is 406 g/mol. The van der Waals surface area contributed by atoms with Crippen LogP contribution in [0.3, 0.4) is 0 Å². The Morgan fingerprint density at radius 1 is 0.875 bits per heavy atom. The summed E-state index contributed by atoms with van der Waals surface area (Å²) < 4.78 is 15.8. The Bertz CT molecular complexity index is 538. The Morgan fingerprint density at radius 2 is 1.62 bits per heavy atom. The van der Waals surface area contributed by atoms with E-state index in [1.165, 1.54) is 6.07 Å². The molecular formula is C12H6Br3F. The average Bonchev–Trinajstić information content (AvgIpc) is 2.26. The lowest BCUT2D eigenvalue weighted by Crippen LogP contribution is -1.85. The second-order valence-electron chi connectivity index (χ2n) is 3.23. The highest BCUT2D eigenvalue weighted by atomic mass is 79.9. The van der Waals surface area contributed by atoms with Gasteiger partial charge in [0.2, 0.25) is 0 Å².